The lowest BCUT2D eigenvalue weighted by atomic mass is 10.2. The molecule has 0 N–H and O–H groups in total. The maximum atomic E-state index is 13.2. The lowest BCUT2D eigenvalue weighted by Crippen LogP contribution is -2.30. The molecule has 1 aromatic heterocycles. The zero-order valence-electron chi connectivity index (χ0n) is 16.6. The van der Waals surface area contributed by atoms with Gasteiger partial charge in [-0.3, -0.25) is 14.2 Å². The molecule has 156 valence electrons. The summed E-state index contributed by atoms with van der Waals surface area (Å²) in [4.78, 5) is 32.1. The maximum Gasteiger partial charge on any atom is 0.262 e. The van der Waals surface area contributed by atoms with Crippen LogP contribution in [-0.4, -0.2) is 41.0 Å². The molecule has 0 saturated carbocycles. The van der Waals surface area contributed by atoms with E-state index in [9.17, 15) is 9.59 Å². The van der Waals surface area contributed by atoms with Gasteiger partial charge in [0.25, 0.3) is 5.56 Å². The number of carbonyl (C=O) groups excluding carboxylic acids is 1. The third-order valence-corrected chi connectivity index (χ3v) is 6.33. The Kier molecular flexibility index (Phi) is 6.41. The highest BCUT2D eigenvalue weighted by Crippen LogP contribution is 2.23. The predicted octanol–water partition coefficient (Wildman–Crippen LogP) is 3.98. The Morgan fingerprint density at radius 2 is 2.10 bits per heavy atom. The highest BCUT2D eigenvalue weighted by Gasteiger charge is 2.21. The van der Waals surface area contributed by atoms with Crippen molar-refractivity contribution in [2.75, 3.05) is 24.3 Å². The van der Waals surface area contributed by atoms with Crippen molar-refractivity contribution in [3.8, 4) is 0 Å². The van der Waals surface area contributed by atoms with Gasteiger partial charge in [-0.1, -0.05) is 41.6 Å². The molecular weight excluding hydrogens is 422 g/mol. The lowest BCUT2D eigenvalue weighted by molar-refractivity contribution is -0.115. The first-order chi connectivity index (χ1) is 14.5. The second-order valence-corrected chi connectivity index (χ2v) is 8.56. The van der Waals surface area contributed by atoms with Crippen LogP contribution in [0, 0.1) is 0 Å². The van der Waals surface area contributed by atoms with Crippen molar-refractivity contribution in [3.63, 3.8) is 0 Å². The van der Waals surface area contributed by atoms with Gasteiger partial charge in [-0.25, -0.2) is 4.98 Å². The number of fused-ring (bicyclic) bond motifs is 1. The Hall–Kier alpha value is -2.35. The average molecular weight is 444 g/mol. The molecule has 6 nitrogen and oxygen atoms in total. The molecule has 1 saturated heterocycles. The molecule has 8 heteroatoms. The molecule has 0 bridgehead atoms. The van der Waals surface area contributed by atoms with E-state index in [0.717, 1.165) is 18.5 Å². The van der Waals surface area contributed by atoms with Gasteiger partial charge in [0.05, 0.1) is 29.3 Å². The van der Waals surface area contributed by atoms with Crippen molar-refractivity contribution in [2.45, 2.75) is 30.6 Å². The first-order valence-corrected chi connectivity index (χ1v) is 11.2. The molecule has 3 aromatic rings. The molecular formula is C22H22ClN3O3S. The van der Waals surface area contributed by atoms with Gasteiger partial charge in [0, 0.05) is 24.4 Å². The first-order valence-electron chi connectivity index (χ1n) is 9.79. The van der Waals surface area contributed by atoms with Crippen molar-refractivity contribution in [1.82, 2.24) is 9.55 Å². The summed E-state index contributed by atoms with van der Waals surface area (Å²) in [6, 6.07) is 14.5. The van der Waals surface area contributed by atoms with Gasteiger partial charge in [0.1, 0.15) is 0 Å². The van der Waals surface area contributed by atoms with E-state index in [2.05, 4.69) is 4.98 Å². The van der Waals surface area contributed by atoms with E-state index in [1.807, 2.05) is 30.3 Å². The highest BCUT2D eigenvalue weighted by atomic mass is 35.5. The molecule has 2 heterocycles. The van der Waals surface area contributed by atoms with Crippen LogP contribution in [0.4, 0.5) is 5.69 Å². The number of anilines is 1. The topological polar surface area (TPSA) is 64.4 Å². The van der Waals surface area contributed by atoms with Gasteiger partial charge in [0.2, 0.25) is 5.91 Å². The minimum Gasteiger partial charge on any atom is -0.376 e. The molecule has 1 aliphatic heterocycles. The molecule has 0 spiro atoms. The van der Waals surface area contributed by atoms with Crippen LogP contribution >= 0.6 is 23.4 Å². The Morgan fingerprint density at radius 1 is 1.30 bits per heavy atom. The Morgan fingerprint density at radius 3 is 2.83 bits per heavy atom. The molecule has 1 unspecified atom stereocenters. The van der Waals surface area contributed by atoms with E-state index in [0.29, 0.717) is 34.2 Å². The van der Waals surface area contributed by atoms with Crippen LogP contribution in [0.3, 0.4) is 0 Å². The number of aromatic nitrogens is 2. The SMILES string of the molecule is CN(C(=O)CSc1nc2cc(Cl)ccc2c(=O)n1CC1CCCO1)c1ccccc1. The zero-order valence-corrected chi connectivity index (χ0v) is 18.2. The van der Waals surface area contributed by atoms with E-state index in [1.165, 1.54) is 11.8 Å². The highest BCUT2D eigenvalue weighted by molar-refractivity contribution is 7.99. The Labute approximate surface area is 183 Å². The quantitative estimate of drug-likeness (QED) is 0.426. The molecule has 2 aromatic carbocycles. The molecule has 0 radical (unpaired) electrons. The van der Waals surface area contributed by atoms with E-state index >= 15 is 0 Å². The smallest absolute Gasteiger partial charge is 0.262 e. The molecule has 1 fully saturated rings. The summed E-state index contributed by atoms with van der Waals surface area (Å²) < 4.78 is 7.36. The maximum absolute atomic E-state index is 13.2. The number of carbonyl (C=O) groups is 1. The van der Waals surface area contributed by atoms with Crippen molar-refractivity contribution < 1.29 is 9.53 Å². The number of para-hydroxylation sites is 1. The number of halogens is 1. The Balaban J connectivity index is 1.62. The van der Waals surface area contributed by atoms with Gasteiger partial charge in [-0.15, -0.1) is 0 Å². The molecule has 4 rings (SSSR count). The number of benzene rings is 2. The number of rotatable bonds is 6. The number of hydrogen-bond donors (Lipinski definition) is 0. The van der Waals surface area contributed by atoms with Crippen LogP contribution in [0.25, 0.3) is 10.9 Å². The molecule has 30 heavy (non-hydrogen) atoms. The van der Waals surface area contributed by atoms with E-state index in [1.54, 1.807) is 34.7 Å². The number of nitrogens with zero attached hydrogens (tertiary/aromatic N) is 3. The largest absolute Gasteiger partial charge is 0.376 e. The van der Waals surface area contributed by atoms with Gasteiger partial charge >= 0.3 is 0 Å². The van der Waals surface area contributed by atoms with Crippen molar-refractivity contribution in [1.29, 1.82) is 0 Å². The van der Waals surface area contributed by atoms with Crippen LogP contribution in [-0.2, 0) is 16.1 Å². The molecule has 1 amide bonds. The second-order valence-electron chi connectivity index (χ2n) is 7.18. The third-order valence-electron chi connectivity index (χ3n) is 5.13. The summed E-state index contributed by atoms with van der Waals surface area (Å²) in [5.41, 5.74) is 1.21. The monoisotopic (exact) mass is 443 g/mol. The molecule has 0 aliphatic carbocycles. The van der Waals surface area contributed by atoms with Gasteiger partial charge < -0.3 is 9.64 Å². The van der Waals surface area contributed by atoms with Crippen LogP contribution in [0.5, 0.6) is 0 Å². The second kappa shape index (κ2) is 9.20. The summed E-state index contributed by atoms with van der Waals surface area (Å²) >= 11 is 7.36. The lowest BCUT2D eigenvalue weighted by Gasteiger charge is -2.19. The van der Waals surface area contributed by atoms with Gasteiger partial charge in [0.15, 0.2) is 5.16 Å². The van der Waals surface area contributed by atoms with Crippen LogP contribution in [0.15, 0.2) is 58.5 Å². The van der Waals surface area contributed by atoms with E-state index in [-0.39, 0.29) is 23.3 Å². The van der Waals surface area contributed by atoms with E-state index < -0.39 is 0 Å². The average Bonchev–Trinajstić information content (AvgIpc) is 3.27. The number of ether oxygens (including phenoxy) is 1. The molecule has 1 atom stereocenters. The third kappa shape index (κ3) is 4.53. The Bertz CT molecular complexity index is 1110. The number of thioether (sulfide) groups is 1. The van der Waals surface area contributed by atoms with Crippen LogP contribution < -0.4 is 10.5 Å². The van der Waals surface area contributed by atoms with Gasteiger partial charge in [-0.05, 0) is 43.2 Å². The van der Waals surface area contributed by atoms with Crippen LogP contribution in [0.2, 0.25) is 5.02 Å². The first kappa shape index (κ1) is 20.9. The predicted molar refractivity (Wildman–Crippen MR) is 121 cm³/mol. The van der Waals surface area contributed by atoms with Gasteiger partial charge in [-0.2, -0.15) is 0 Å². The standard InChI is InChI=1S/C22H22ClN3O3S/c1-25(16-6-3-2-4-7-16)20(27)14-30-22-24-19-12-15(23)9-10-18(19)21(28)26(22)13-17-8-5-11-29-17/h2-4,6-7,9-10,12,17H,5,8,11,13-14H2,1H3. The minimum atomic E-state index is -0.140. The van der Waals surface area contributed by atoms with Crippen LogP contribution in [0.1, 0.15) is 12.8 Å². The fraction of sp³-hybridized carbons (Fsp3) is 0.318. The normalized spacial score (nSPS) is 16.1. The number of hydrogen-bond acceptors (Lipinski definition) is 5. The van der Waals surface area contributed by atoms with Crippen molar-refractivity contribution in [2.24, 2.45) is 0 Å². The summed E-state index contributed by atoms with van der Waals surface area (Å²) in [7, 11) is 1.74. The summed E-state index contributed by atoms with van der Waals surface area (Å²) in [5, 5.41) is 1.52. The van der Waals surface area contributed by atoms with E-state index in [4.69, 9.17) is 16.3 Å². The van der Waals surface area contributed by atoms with Crippen molar-refractivity contribution in [3.05, 3.63) is 63.9 Å². The summed E-state index contributed by atoms with van der Waals surface area (Å²) in [5.74, 6) is 0.0883. The summed E-state index contributed by atoms with van der Waals surface area (Å²) in [6.07, 6.45) is 1.88. The zero-order chi connectivity index (χ0) is 21.1. The van der Waals surface area contributed by atoms with Crippen molar-refractivity contribution >= 4 is 45.9 Å². The summed E-state index contributed by atoms with van der Waals surface area (Å²) in [6.45, 7) is 1.13. The fourth-order valence-electron chi connectivity index (χ4n) is 3.46. The fourth-order valence-corrected chi connectivity index (χ4v) is 4.54. The number of amides is 1. The minimum absolute atomic E-state index is 0.0173. The molecule has 1 aliphatic rings.